The Kier molecular flexibility index (Phi) is 6.43. The number of anilines is 1. The number of benzene rings is 2. The summed E-state index contributed by atoms with van der Waals surface area (Å²) in [6.45, 7) is 8.18. The molecule has 1 atom stereocenters. The molecule has 0 bridgehead atoms. The smallest absolute Gasteiger partial charge is 0.350 e. The van der Waals surface area contributed by atoms with E-state index in [2.05, 4.69) is 27.6 Å². The molecule has 6 rings (SSSR count). The molecule has 1 saturated heterocycles. The number of nitrogens with zero attached hydrogens (tertiary/aromatic N) is 6. The van der Waals surface area contributed by atoms with E-state index in [0.29, 0.717) is 55.3 Å². The zero-order valence-electron chi connectivity index (χ0n) is 22.1. The third kappa shape index (κ3) is 4.02. The van der Waals surface area contributed by atoms with Crippen molar-refractivity contribution in [2.75, 3.05) is 50.5 Å². The number of ether oxygens (including phenoxy) is 1. The van der Waals surface area contributed by atoms with Gasteiger partial charge in [0.1, 0.15) is 11.6 Å². The van der Waals surface area contributed by atoms with E-state index in [-0.39, 0.29) is 23.5 Å². The maximum Gasteiger partial charge on any atom is 0.350 e. The van der Waals surface area contributed by atoms with Crippen LogP contribution in [0.4, 0.5) is 10.2 Å². The highest BCUT2D eigenvalue weighted by molar-refractivity contribution is 7.99. The monoisotopic (exact) mass is 548 g/mol. The fourth-order valence-electron chi connectivity index (χ4n) is 5.84. The number of thioether (sulfide) groups is 1. The van der Waals surface area contributed by atoms with Gasteiger partial charge in [0.05, 0.1) is 35.3 Å². The minimum Gasteiger partial charge on any atom is -0.383 e. The number of hydrogen-bond donors (Lipinski definition) is 0. The number of methoxy groups -OCH3 is 1. The van der Waals surface area contributed by atoms with Crippen molar-refractivity contribution in [3.63, 3.8) is 0 Å². The molecule has 9 nitrogen and oxygen atoms in total. The summed E-state index contributed by atoms with van der Waals surface area (Å²) in [5.41, 5.74) is 4.02. The molecule has 202 valence electrons. The van der Waals surface area contributed by atoms with E-state index in [0.717, 1.165) is 32.5 Å². The van der Waals surface area contributed by atoms with Gasteiger partial charge in [0.15, 0.2) is 0 Å². The van der Waals surface area contributed by atoms with E-state index >= 15 is 0 Å². The van der Waals surface area contributed by atoms with Crippen LogP contribution in [0.5, 0.6) is 0 Å². The Morgan fingerprint density at radius 3 is 2.72 bits per heavy atom. The van der Waals surface area contributed by atoms with Gasteiger partial charge in [-0.3, -0.25) is 14.0 Å². The van der Waals surface area contributed by atoms with Crippen LogP contribution in [0.3, 0.4) is 0 Å². The highest BCUT2D eigenvalue weighted by Gasteiger charge is 2.31. The minimum absolute atomic E-state index is 0.0976. The van der Waals surface area contributed by atoms with Gasteiger partial charge < -0.3 is 14.5 Å². The first kappa shape index (κ1) is 25.6. The molecule has 39 heavy (non-hydrogen) atoms. The van der Waals surface area contributed by atoms with E-state index in [9.17, 15) is 14.0 Å². The average Bonchev–Trinajstić information content (AvgIpc) is 3.34. The van der Waals surface area contributed by atoms with E-state index in [1.54, 1.807) is 45.3 Å². The first-order valence-corrected chi connectivity index (χ1v) is 13.8. The molecule has 1 unspecified atom stereocenters. The standard InChI is InChI=1S/C28H29FN6O3S/c1-5-22(36)33-8-10-34(11-9-33)27-19-12-16(2)23(18-6-7-21(29)20-13-30-32(3)24(18)20)26-25(19)35(28(37)31-27)17(14-38-4)15-39-26/h5-7,12-13,17H,1,8-11,14-15H2,2-4H3. The fraction of sp³-hybridized carbons (Fsp3) is 0.357. The Bertz CT molecular complexity index is 1710. The largest absolute Gasteiger partial charge is 0.383 e. The lowest BCUT2D eigenvalue weighted by Crippen LogP contribution is -2.49. The number of carbonyl (C=O) groups excluding carboxylic acids is 1. The molecule has 2 aliphatic heterocycles. The summed E-state index contributed by atoms with van der Waals surface area (Å²) < 4.78 is 23.6. The van der Waals surface area contributed by atoms with Crippen molar-refractivity contribution in [2.24, 2.45) is 7.05 Å². The van der Waals surface area contributed by atoms with Crippen LogP contribution >= 0.6 is 11.8 Å². The van der Waals surface area contributed by atoms with Crippen molar-refractivity contribution in [2.45, 2.75) is 17.9 Å². The first-order valence-electron chi connectivity index (χ1n) is 12.8. The Morgan fingerprint density at radius 1 is 1.23 bits per heavy atom. The minimum atomic E-state index is -0.328. The number of piperazine rings is 1. The Morgan fingerprint density at radius 2 is 2.00 bits per heavy atom. The van der Waals surface area contributed by atoms with Gasteiger partial charge in [0.2, 0.25) is 5.91 Å². The quantitative estimate of drug-likeness (QED) is 0.353. The fourth-order valence-corrected chi connectivity index (χ4v) is 7.20. The van der Waals surface area contributed by atoms with Crippen molar-refractivity contribution in [1.29, 1.82) is 0 Å². The maximum absolute atomic E-state index is 14.7. The average molecular weight is 549 g/mol. The summed E-state index contributed by atoms with van der Waals surface area (Å²) in [4.78, 5) is 35.1. The van der Waals surface area contributed by atoms with Crippen molar-refractivity contribution in [3.05, 3.63) is 58.9 Å². The van der Waals surface area contributed by atoms with Crippen LogP contribution in [0, 0.1) is 12.7 Å². The van der Waals surface area contributed by atoms with E-state index in [1.807, 2.05) is 14.0 Å². The lowest BCUT2D eigenvalue weighted by molar-refractivity contribution is -0.126. The van der Waals surface area contributed by atoms with Gasteiger partial charge in [-0.25, -0.2) is 9.18 Å². The van der Waals surface area contributed by atoms with Crippen molar-refractivity contribution >= 4 is 45.3 Å². The van der Waals surface area contributed by atoms with Crippen LogP contribution in [0.1, 0.15) is 11.6 Å². The molecular formula is C28H29FN6O3S. The van der Waals surface area contributed by atoms with Gasteiger partial charge in [-0.15, -0.1) is 11.8 Å². The summed E-state index contributed by atoms with van der Waals surface area (Å²) in [6.07, 6.45) is 2.88. The van der Waals surface area contributed by atoms with Crippen LogP contribution in [-0.2, 0) is 16.6 Å². The van der Waals surface area contributed by atoms with Gasteiger partial charge >= 0.3 is 5.69 Å². The topological polar surface area (TPSA) is 85.5 Å². The second-order valence-corrected chi connectivity index (χ2v) is 11.0. The number of amides is 1. The number of aromatic nitrogens is 4. The number of rotatable bonds is 5. The third-order valence-corrected chi connectivity index (χ3v) is 8.91. The molecule has 0 N–H and O–H groups in total. The van der Waals surface area contributed by atoms with Gasteiger partial charge in [-0.2, -0.15) is 10.1 Å². The summed E-state index contributed by atoms with van der Waals surface area (Å²) in [6, 6.07) is 5.18. The summed E-state index contributed by atoms with van der Waals surface area (Å²) >= 11 is 1.68. The second kappa shape index (κ2) is 9.80. The Hall–Kier alpha value is -3.70. The molecule has 2 aromatic heterocycles. The zero-order chi connectivity index (χ0) is 27.4. The highest BCUT2D eigenvalue weighted by Crippen LogP contribution is 2.47. The van der Waals surface area contributed by atoms with E-state index < -0.39 is 0 Å². The van der Waals surface area contributed by atoms with E-state index in [4.69, 9.17) is 4.74 Å². The van der Waals surface area contributed by atoms with Crippen LogP contribution in [-0.4, -0.2) is 75.8 Å². The molecule has 0 aliphatic carbocycles. The number of fused-ring (bicyclic) bond motifs is 1. The normalized spacial score (nSPS) is 17.3. The maximum atomic E-state index is 14.7. The molecule has 0 radical (unpaired) electrons. The van der Waals surface area contributed by atoms with Crippen molar-refractivity contribution < 1.29 is 13.9 Å². The lowest BCUT2D eigenvalue weighted by Gasteiger charge is -2.36. The molecule has 2 aliphatic rings. The van der Waals surface area contributed by atoms with Crippen LogP contribution in [0.15, 0.2) is 46.7 Å². The molecule has 1 amide bonds. The number of hydrogen-bond acceptors (Lipinski definition) is 7. The predicted molar refractivity (Wildman–Crippen MR) is 151 cm³/mol. The molecule has 11 heteroatoms. The molecule has 1 fully saturated rings. The molecule has 0 saturated carbocycles. The SMILES string of the molecule is C=CC(=O)N1CCN(c2nc(=O)n3c4c(c(-c5ccc(F)c6cnn(C)c56)c(C)cc24)SCC3COC)CC1. The zero-order valence-corrected chi connectivity index (χ0v) is 22.9. The highest BCUT2D eigenvalue weighted by atomic mass is 32.2. The number of carbonyl (C=O) groups is 1. The summed E-state index contributed by atoms with van der Waals surface area (Å²) in [7, 11) is 3.44. The van der Waals surface area contributed by atoms with Crippen LogP contribution in [0.25, 0.3) is 32.9 Å². The summed E-state index contributed by atoms with van der Waals surface area (Å²) in [5, 5.41) is 5.66. The van der Waals surface area contributed by atoms with Gasteiger partial charge in [0.25, 0.3) is 0 Å². The van der Waals surface area contributed by atoms with Gasteiger partial charge in [-0.05, 0) is 36.8 Å². The molecular weight excluding hydrogens is 519 g/mol. The van der Waals surface area contributed by atoms with Gasteiger partial charge in [0, 0.05) is 67.5 Å². The van der Waals surface area contributed by atoms with E-state index in [1.165, 1.54) is 12.1 Å². The van der Waals surface area contributed by atoms with Gasteiger partial charge in [-0.1, -0.05) is 6.58 Å². The van der Waals surface area contributed by atoms with Crippen molar-refractivity contribution in [3.8, 4) is 11.1 Å². The molecule has 4 aromatic rings. The molecule has 4 heterocycles. The van der Waals surface area contributed by atoms with Crippen molar-refractivity contribution in [1.82, 2.24) is 24.2 Å². The second-order valence-electron chi connectivity index (χ2n) is 9.94. The molecule has 0 spiro atoms. The Labute approximate surface area is 228 Å². The molecule has 2 aromatic carbocycles. The number of aryl methyl sites for hydroxylation is 2. The summed E-state index contributed by atoms with van der Waals surface area (Å²) in [5.74, 6) is 0.848. The number of halogens is 1. The van der Waals surface area contributed by atoms with Crippen LogP contribution in [0.2, 0.25) is 0 Å². The predicted octanol–water partition coefficient (Wildman–Crippen LogP) is 3.53. The van der Waals surface area contributed by atoms with Crippen LogP contribution < -0.4 is 10.6 Å². The third-order valence-electron chi connectivity index (χ3n) is 7.67. The first-order chi connectivity index (χ1) is 18.8. The lowest BCUT2D eigenvalue weighted by atomic mass is 9.95. The Balaban J connectivity index is 1.60.